The highest BCUT2D eigenvalue weighted by Crippen LogP contribution is 2.37. The van der Waals surface area contributed by atoms with Gasteiger partial charge < -0.3 is 10.2 Å². The molecule has 2 amide bonds. The zero-order valence-electron chi connectivity index (χ0n) is 12.6. The van der Waals surface area contributed by atoms with Crippen LogP contribution in [0.3, 0.4) is 0 Å². The largest absolute Gasteiger partial charge is 0.423 e. The number of nitro groups is 1. The van der Waals surface area contributed by atoms with Crippen molar-refractivity contribution in [1.82, 2.24) is 4.90 Å². The van der Waals surface area contributed by atoms with Gasteiger partial charge in [0.05, 0.1) is 10.8 Å². The molecule has 24 heavy (non-hydrogen) atoms. The summed E-state index contributed by atoms with van der Waals surface area (Å²) in [5.41, 5.74) is -2.69. The number of hydrogen-bond acceptors (Lipinski definition) is 4. The maximum Gasteiger partial charge on any atom is 0.423 e. The molecule has 0 saturated carbocycles. The molecule has 1 fully saturated rings. The van der Waals surface area contributed by atoms with E-state index in [-0.39, 0.29) is 18.1 Å². The number of nitrogens with zero attached hydrogens (tertiary/aromatic N) is 2. The van der Waals surface area contributed by atoms with E-state index in [9.17, 15) is 32.9 Å². The number of anilines is 1. The maximum absolute atomic E-state index is 12.9. The van der Waals surface area contributed by atoms with Crippen LogP contribution in [0.4, 0.5) is 24.5 Å². The van der Waals surface area contributed by atoms with Crippen LogP contribution in [0.1, 0.15) is 18.9 Å². The first-order valence-electron chi connectivity index (χ1n) is 7.01. The van der Waals surface area contributed by atoms with Crippen molar-refractivity contribution in [3.05, 3.63) is 33.9 Å². The summed E-state index contributed by atoms with van der Waals surface area (Å²) in [6, 6.07) is 2.28. The van der Waals surface area contributed by atoms with Crippen molar-refractivity contribution >= 4 is 23.2 Å². The third-order valence-corrected chi connectivity index (χ3v) is 3.77. The molecule has 1 aliphatic heterocycles. The highest BCUT2D eigenvalue weighted by atomic mass is 19.4. The lowest BCUT2D eigenvalue weighted by molar-refractivity contribution is -0.388. The van der Waals surface area contributed by atoms with E-state index in [0.29, 0.717) is 25.1 Å². The summed E-state index contributed by atoms with van der Waals surface area (Å²) < 4.78 is 38.7. The zero-order chi connectivity index (χ0) is 18.1. The van der Waals surface area contributed by atoms with E-state index >= 15 is 0 Å². The maximum atomic E-state index is 12.9. The summed E-state index contributed by atoms with van der Waals surface area (Å²) >= 11 is 0. The van der Waals surface area contributed by atoms with Crippen LogP contribution in [-0.2, 0) is 15.8 Å². The van der Waals surface area contributed by atoms with Crippen molar-refractivity contribution in [2.45, 2.75) is 19.5 Å². The van der Waals surface area contributed by atoms with Crippen molar-refractivity contribution in [3.63, 3.8) is 0 Å². The molecule has 1 atom stereocenters. The van der Waals surface area contributed by atoms with Gasteiger partial charge in [-0.2, -0.15) is 13.2 Å². The van der Waals surface area contributed by atoms with Gasteiger partial charge in [-0.15, -0.1) is 0 Å². The number of carbonyl (C=O) groups excluding carboxylic acids is 2. The quantitative estimate of drug-likeness (QED) is 0.673. The molecule has 1 aliphatic rings. The topological polar surface area (TPSA) is 92.6 Å². The summed E-state index contributed by atoms with van der Waals surface area (Å²) in [6.45, 7) is 1.97. The molecule has 0 bridgehead atoms. The standard InChI is InChI=1S/C14H14F3N3O4/c1-8(21)19-5-4-9(7-19)13(22)18-10-2-3-12(20(23)24)11(6-10)14(15,16)17/h2-3,6,9H,4-5,7H2,1H3,(H,18,22)/t9-/m1/s1. The molecule has 7 nitrogen and oxygen atoms in total. The molecule has 1 aromatic carbocycles. The smallest absolute Gasteiger partial charge is 0.342 e. The Balaban J connectivity index is 2.17. The Morgan fingerprint density at radius 2 is 2.04 bits per heavy atom. The first-order valence-corrected chi connectivity index (χ1v) is 7.01. The molecule has 0 radical (unpaired) electrons. The number of nitro benzene ring substituents is 1. The first-order chi connectivity index (χ1) is 11.1. The Morgan fingerprint density at radius 1 is 1.38 bits per heavy atom. The van der Waals surface area contributed by atoms with Crippen LogP contribution in [0.25, 0.3) is 0 Å². The SMILES string of the molecule is CC(=O)N1CC[C@@H](C(=O)Nc2ccc([N+](=O)[O-])c(C(F)(F)F)c2)C1. The number of likely N-dealkylation sites (tertiary alicyclic amines) is 1. The second-order valence-electron chi connectivity index (χ2n) is 5.43. The van der Waals surface area contributed by atoms with Gasteiger partial charge in [-0.1, -0.05) is 0 Å². The molecule has 1 N–H and O–H groups in total. The lowest BCUT2D eigenvalue weighted by atomic mass is 10.1. The van der Waals surface area contributed by atoms with Crippen LogP contribution >= 0.6 is 0 Å². The average Bonchev–Trinajstić information content (AvgIpc) is 2.96. The molecule has 0 aliphatic carbocycles. The lowest BCUT2D eigenvalue weighted by Gasteiger charge is -2.15. The Bertz CT molecular complexity index is 690. The van der Waals surface area contributed by atoms with Gasteiger partial charge in [0.25, 0.3) is 5.69 Å². The molecule has 0 spiro atoms. The predicted octanol–water partition coefficient (Wildman–Crippen LogP) is 2.42. The van der Waals surface area contributed by atoms with Gasteiger partial charge in [0, 0.05) is 31.8 Å². The monoisotopic (exact) mass is 345 g/mol. The Labute approximate surface area is 134 Å². The van der Waals surface area contributed by atoms with Gasteiger partial charge in [-0.3, -0.25) is 19.7 Å². The van der Waals surface area contributed by atoms with E-state index in [2.05, 4.69) is 5.32 Å². The molecule has 130 valence electrons. The minimum atomic E-state index is -4.91. The van der Waals surface area contributed by atoms with Gasteiger partial charge in [0.2, 0.25) is 11.8 Å². The van der Waals surface area contributed by atoms with E-state index in [1.165, 1.54) is 11.8 Å². The van der Waals surface area contributed by atoms with Crippen molar-refractivity contribution in [1.29, 1.82) is 0 Å². The van der Waals surface area contributed by atoms with Crippen LogP contribution in [0.2, 0.25) is 0 Å². The minimum Gasteiger partial charge on any atom is -0.342 e. The van der Waals surface area contributed by atoms with E-state index in [1.807, 2.05) is 0 Å². The van der Waals surface area contributed by atoms with E-state index in [1.54, 1.807) is 0 Å². The third kappa shape index (κ3) is 3.81. The van der Waals surface area contributed by atoms with Gasteiger partial charge in [0.1, 0.15) is 5.56 Å². The summed E-state index contributed by atoms with van der Waals surface area (Å²) in [6.07, 6.45) is -4.51. The molecule has 0 unspecified atom stereocenters. The number of alkyl halides is 3. The van der Waals surface area contributed by atoms with Gasteiger partial charge in [0.15, 0.2) is 0 Å². The second kappa shape index (κ2) is 6.46. The fraction of sp³-hybridized carbons (Fsp3) is 0.429. The van der Waals surface area contributed by atoms with Gasteiger partial charge >= 0.3 is 6.18 Å². The minimum absolute atomic E-state index is 0.181. The fourth-order valence-corrected chi connectivity index (χ4v) is 2.50. The second-order valence-corrected chi connectivity index (χ2v) is 5.43. The molecular weight excluding hydrogens is 331 g/mol. The Morgan fingerprint density at radius 3 is 2.54 bits per heavy atom. The van der Waals surface area contributed by atoms with Crippen LogP contribution < -0.4 is 5.32 Å². The fourth-order valence-electron chi connectivity index (χ4n) is 2.50. The van der Waals surface area contributed by atoms with E-state index in [0.717, 1.165) is 6.07 Å². The summed E-state index contributed by atoms with van der Waals surface area (Å²) in [4.78, 5) is 34.4. The molecule has 2 rings (SSSR count). The van der Waals surface area contributed by atoms with Gasteiger partial charge in [-0.25, -0.2) is 0 Å². The average molecular weight is 345 g/mol. The summed E-state index contributed by atoms with van der Waals surface area (Å²) in [5.74, 6) is -1.24. The first kappa shape index (κ1) is 17.7. The van der Waals surface area contributed by atoms with Crippen LogP contribution in [0.5, 0.6) is 0 Å². The normalized spacial score (nSPS) is 17.7. The highest BCUT2D eigenvalue weighted by Gasteiger charge is 2.38. The molecular formula is C14H14F3N3O4. The number of hydrogen-bond donors (Lipinski definition) is 1. The van der Waals surface area contributed by atoms with Crippen LogP contribution in [0.15, 0.2) is 18.2 Å². The van der Waals surface area contributed by atoms with Crippen molar-refractivity contribution in [2.24, 2.45) is 5.92 Å². The Kier molecular flexibility index (Phi) is 4.76. The van der Waals surface area contributed by atoms with E-state index in [4.69, 9.17) is 0 Å². The van der Waals surface area contributed by atoms with Crippen LogP contribution in [-0.4, -0.2) is 34.7 Å². The number of halogens is 3. The molecule has 1 heterocycles. The summed E-state index contributed by atoms with van der Waals surface area (Å²) in [5, 5.41) is 13.0. The van der Waals surface area contributed by atoms with Crippen molar-refractivity contribution in [3.8, 4) is 0 Å². The molecule has 10 heteroatoms. The zero-order valence-corrected chi connectivity index (χ0v) is 12.6. The Hall–Kier alpha value is -2.65. The molecule has 1 aromatic rings. The number of amides is 2. The molecule has 0 aromatic heterocycles. The molecule has 1 saturated heterocycles. The highest BCUT2D eigenvalue weighted by molar-refractivity contribution is 5.93. The third-order valence-electron chi connectivity index (χ3n) is 3.77. The van der Waals surface area contributed by atoms with Crippen molar-refractivity contribution in [2.75, 3.05) is 18.4 Å². The van der Waals surface area contributed by atoms with E-state index < -0.39 is 34.2 Å². The number of rotatable bonds is 3. The summed E-state index contributed by atoms with van der Waals surface area (Å²) in [7, 11) is 0. The van der Waals surface area contributed by atoms with Crippen LogP contribution in [0, 0.1) is 16.0 Å². The number of benzene rings is 1. The lowest BCUT2D eigenvalue weighted by Crippen LogP contribution is -2.29. The van der Waals surface area contributed by atoms with Crippen molar-refractivity contribution < 1.29 is 27.7 Å². The number of nitrogens with one attached hydrogen (secondary N) is 1. The predicted molar refractivity (Wildman–Crippen MR) is 77.1 cm³/mol. The van der Waals surface area contributed by atoms with Gasteiger partial charge in [-0.05, 0) is 18.6 Å². The number of carbonyl (C=O) groups is 2.